The monoisotopic (exact) mass is 537 g/mol. The molecule has 2 saturated heterocycles. The number of hydrogen-bond donors (Lipinski definition) is 1. The van der Waals surface area contributed by atoms with Crippen LogP contribution in [-0.4, -0.2) is 55.3 Å². The van der Waals surface area contributed by atoms with Crippen LogP contribution in [0.15, 0.2) is 53.4 Å². The summed E-state index contributed by atoms with van der Waals surface area (Å²) in [6, 6.07) is 15.1. The quantitative estimate of drug-likeness (QED) is 0.581. The highest BCUT2D eigenvalue weighted by Gasteiger charge is 2.49. The molecule has 2 aromatic carbocycles. The number of nitrogens with zero attached hydrogens (tertiary/aromatic N) is 2. The van der Waals surface area contributed by atoms with Crippen molar-refractivity contribution in [3.8, 4) is 17.2 Å². The van der Waals surface area contributed by atoms with Gasteiger partial charge in [-0.15, -0.1) is 0 Å². The molecule has 2 unspecified atom stereocenters. The maximum Gasteiger partial charge on any atom is 0.411 e. The standard InChI is InChI=1S/C29H35N3O5S/c1-29(2,3)37-28(34)32-24-13-9-22(10-14-24)26(32)27(33)31-23(18-30)17-19-5-7-20(8-6-19)21-11-15-25(16-12-21)38(4,35)36/h5-8,11-12,15-16,22-24,26H,9-10,13-14,17H2,1-4H3,(H,31,33). The molecule has 1 aliphatic carbocycles. The molecule has 2 bridgehead atoms. The number of rotatable bonds is 6. The van der Waals surface area contributed by atoms with E-state index in [4.69, 9.17) is 4.74 Å². The molecule has 5 rings (SSSR count). The lowest BCUT2D eigenvalue weighted by Crippen LogP contribution is -2.64. The Morgan fingerprint density at radius 1 is 1.03 bits per heavy atom. The van der Waals surface area contributed by atoms with Crippen molar-refractivity contribution in [3.05, 3.63) is 54.1 Å². The lowest BCUT2D eigenvalue weighted by atomic mass is 9.74. The Labute approximate surface area is 224 Å². The minimum absolute atomic E-state index is 0.0230. The van der Waals surface area contributed by atoms with Crippen LogP contribution in [0.2, 0.25) is 0 Å². The van der Waals surface area contributed by atoms with Crippen molar-refractivity contribution in [3.63, 3.8) is 0 Å². The second kappa shape index (κ2) is 10.8. The maximum atomic E-state index is 13.4. The van der Waals surface area contributed by atoms with Gasteiger partial charge >= 0.3 is 6.09 Å². The fourth-order valence-electron chi connectivity index (χ4n) is 5.42. The first-order chi connectivity index (χ1) is 17.9. The molecule has 0 aromatic heterocycles. The van der Waals surface area contributed by atoms with Crippen molar-refractivity contribution >= 4 is 21.8 Å². The zero-order valence-corrected chi connectivity index (χ0v) is 23.1. The van der Waals surface area contributed by atoms with Gasteiger partial charge < -0.3 is 10.1 Å². The summed E-state index contributed by atoms with van der Waals surface area (Å²) in [5.74, 6) is -0.250. The Morgan fingerprint density at radius 3 is 2.08 bits per heavy atom. The fourth-order valence-corrected chi connectivity index (χ4v) is 6.05. The van der Waals surface area contributed by atoms with Crippen LogP contribution in [0.25, 0.3) is 11.1 Å². The number of carbonyl (C=O) groups excluding carboxylic acids is 2. The van der Waals surface area contributed by atoms with Crippen LogP contribution in [0.1, 0.15) is 52.0 Å². The molecular formula is C29H35N3O5S. The number of nitrogens with one attached hydrogen (secondary N) is 1. The normalized spacial score (nSPS) is 21.9. The molecule has 1 saturated carbocycles. The van der Waals surface area contributed by atoms with Crippen LogP contribution in [0.3, 0.4) is 0 Å². The number of benzene rings is 2. The molecule has 3 aliphatic rings. The van der Waals surface area contributed by atoms with Gasteiger partial charge in [-0.1, -0.05) is 36.4 Å². The molecular weight excluding hydrogens is 502 g/mol. The van der Waals surface area contributed by atoms with E-state index in [2.05, 4.69) is 11.4 Å². The summed E-state index contributed by atoms with van der Waals surface area (Å²) in [7, 11) is -3.26. The van der Waals surface area contributed by atoms with Gasteiger partial charge in [0.05, 0.1) is 11.0 Å². The van der Waals surface area contributed by atoms with Gasteiger partial charge in [0.1, 0.15) is 17.7 Å². The lowest BCUT2D eigenvalue weighted by molar-refractivity contribution is -0.135. The Bertz CT molecular complexity index is 1320. The summed E-state index contributed by atoms with van der Waals surface area (Å²) >= 11 is 0. The van der Waals surface area contributed by atoms with Crippen molar-refractivity contribution in [2.75, 3.05) is 6.26 Å². The summed E-state index contributed by atoms with van der Waals surface area (Å²) < 4.78 is 29.0. The largest absolute Gasteiger partial charge is 0.444 e. The lowest BCUT2D eigenvalue weighted by Gasteiger charge is -2.50. The minimum Gasteiger partial charge on any atom is -0.444 e. The Kier molecular flexibility index (Phi) is 7.84. The number of hydrogen-bond acceptors (Lipinski definition) is 6. The first kappa shape index (κ1) is 27.6. The SMILES string of the molecule is CC(C)(C)OC(=O)N1C2CCC(CC2)C1C(=O)NC(C#N)Cc1ccc(-c2ccc(S(C)(=O)=O)cc2)cc1. The highest BCUT2D eigenvalue weighted by molar-refractivity contribution is 7.90. The van der Waals surface area contributed by atoms with Crippen LogP contribution >= 0.6 is 0 Å². The van der Waals surface area contributed by atoms with Crippen LogP contribution < -0.4 is 5.32 Å². The summed E-state index contributed by atoms with van der Waals surface area (Å²) in [4.78, 5) is 28.3. The maximum absolute atomic E-state index is 13.4. The van der Waals surface area contributed by atoms with Gasteiger partial charge in [-0.3, -0.25) is 9.69 Å². The van der Waals surface area contributed by atoms with E-state index in [1.807, 2.05) is 45.0 Å². The van der Waals surface area contributed by atoms with Crippen LogP contribution in [0.5, 0.6) is 0 Å². The molecule has 38 heavy (non-hydrogen) atoms. The van der Waals surface area contributed by atoms with Gasteiger partial charge in [-0.2, -0.15) is 5.26 Å². The van der Waals surface area contributed by atoms with Gasteiger partial charge in [-0.05, 0) is 81.2 Å². The molecule has 2 aromatic rings. The average Bonchev–Trinajstić information content (AvgIpc) is 2.87. The number of sulfone groups is 1. The summed E-state index contributed by atoms with van der Waals surface area (Å²) in [6.45, 7) is 5.43. The van der Waals surface area contributed by atoms with Gasteiger partial charge in [0.25, 0.3) is 0 Å². The molecule has 2 atom stereocenters. The van der Waals surface area contributed by atoms with Crippen molar-refractivity contribution < 1.29 is 22.7 Å². The summed E-state index contributed by atoms with van der Waals surface area (Å²) in [5.41, 5.74) is 2.01. The van der Waals surface area contributed by atoms with Crippen molar-refractivity contribution in [2.45, 2.75) is 81.5 Å². The molecule has 0 spiro atoms. The van der Waals surface area contributed by atoms with Crippen LogP contribution in [0.4, 0.5) is 4.79 Å². The van der Waals surface area contributed by atoms with Crippen LogP contribution in [-0.2, 0) is 25.8 Å². The number of carbonyl (C=O) groups is 2. The van der Waals surface area contributed by atoms with E-state index in [0.717, 1.165) is 42.4 Å². The second-order valence-electron chi connectivity index (χ2n) is 11.3. The summed E-state index contributed by atoms with van der Waals surface area (Å²) in [5, 5.41) is 12.7. The third-order valence-corrected chi connectivity index (χ3v) is 8.36. The van der Waals surface area contributed by atoms with Crippen LogP contribution in [0, 0.1) is 17.2 Å². The van der Waals surface area contributed by atoms with E-state index in [1.165, 1.54) is 6.26 Å². The number of piperidine rings is 2. The van der Waals surface area contributed by atoms with Gasteiger partial charge in [0.2, 0.25) is 5.91 Å². The molecule has 2 aliphatic heterocycles. The second-order valence-corrected chi connectivity index (χ2v) is 13.3. The third kappa shape index (κ3) is 6.36. The van der Waals surface area contributed by atoms with E-state index >= 15 is 0 Å². The number of amides is 2. The predicted octanol–water partition coefficient (Wildman–Crippen LogP) is 4.49. The molecule has 8 nitrogen and oxygen atoms in total. The smallest absolute Gasteiger partial charge is 0.411 e. The molecule has 1 N–H and O–H groups in total. The molecule has 2 heterocycles. The van der Waals surface area contributed by atoms with Crippen molar-refractivity contribution in [2.24, 2.45) is 5.92 Å². The zero-order chi connectivity index (χ0) is 27.7. The molecule has 9 heteroatoms. The van der Waals surface area contributed by atoms with E-state index in [1.54, 1.807) is 29.2 Å². The highest BCUT2D eigenvalue weighted by atomic mass is 32.2. The van der Waals surface area contributed by atoms with Gasteiger partial charge in [0.15, 0.2) is 9.84 Å². The predicted molar refractivity (Wildman–Crippen MR) is 144 cm³/mol. The number of ether oxygens (including phenoxy) is 1. The highest BCUT2D eigenvalue weighted by Crippen LogP contribution is 2.40. The van der Waals surface area contributed by atoms with E-state index in [0.29, 0.717) is 6.42 Å². The van der Waals surface area contributed by atoms with Gasteiger partial charge in [0, 0.05) is 18.7 Å². The first-order valence-electron chi connectivity index (χ1n) is 13.0. The topological polar surface area (TPSA) is 117 Å². The molecule has 202 valence electrons. The third-order valence-electron chi connectivity index (χ3n) is 7.24. The fraction of sp³-hybridized carbons (Fsp3) is 0.483. The first-order valence-corrected chi connectivity index (χ1v) is 14.9. The van der Waals surface area contributed by atoms with Crippen molar-refractivity contribution in [1.82, 2.24) is 10.2 Å². The Morgan fingerprint density at radius 2 is 1.58 bits per heavy atom. The van der Waals surface area contributed by atoms with Crippen molar-refractivity contribution in [1.29, 1.82) is 5.26 Å². The molecule has 2 amide bonds. The average molecular weight is 538 g/mol. The molecule has 3 fully saturated rings. The zero-order valence-electron chi connectivity index (χ0n) is 22.3. The van der Waals surface area contributed by atoms with E-state index in [9.17, 15) is 23.3 Å². The Balaban J connectivity index is 1.43. The number of nitriles is 1. The van der Waals surface area contributed by atoms with E-state index < -0.39 is 33.6 Å². The minimum atomic E-state index is -3.26. The molecule has 0 radical (unpaired) electrons. The van der Waals surface area contributed by atoms with E-state index in [-0.39, 0.29) is 22.8 Å². The Hall–Kier alpha value is -3.38. The summed E-state index contributed by atoms with van der Waals surface area (Å²) in [6.07, 6.45) is 4.51. The van der Waals surface area contributed by atoms with Gasteiger partial charge in [-0.25, -0.2) is 13.2 Å². The number of fused-ring (bicyclic) bond motifs is 3.